The zero-order chi connectivity index (χ0) is 13.0. The third-order valence-electron chi connectivity index (χ3n) is 3.67. The highest BCUT2D eigenvalue weighted by Crippen LogP contribution is 2.30. The molecule has 1 fully saturated rings. The quantitative estimate of drug-likeness (QED) is 0.847. The van der Waals surface area contributed by atoms with E-state index in [1.54, 1.807) is 0 Å². The lowest BCUT2D eigenvalue weighted by molar-refractivity contribution is 0.0946. The standard InChI is InChI=1S/C15H20BrNO/c1-2-12-5-3-4-6-14(12)15(18)17-10-11-7-8-13(16)9-11/h3-6,11,13H,2,7-10H2,1H3,(H,17,18). The van der Waals surface area contributed by atoms with Crippen LogP contribution in [0.2, 0.25) is 0 Å². The Balaban J connectivity index is 1.91. The summed E-state index contributed by atoms with van der Waals surface area (Å²) in [5.41, 5.74) is 1.95. The average molecular weight is 310 g/mol. The lowest BCUT2D eigenvalue weighted by Crippen LogP contribution is -2.29. The average Bonchev–Trinajstić information content (AvgIpc) is 2.81. The molecule has 0 aromatic heterocycles. The van der Waals surface area contributed by atoms with Gasteiger partial charge in [0.25, 0.3) is 5.91 Å². The molecule has 1 aromatic rings. The Morgan fingerprint density at radius 1 is 1.39 bits per heavy atom. The van der Waals surface area contributed by atoms with Crippen molar-refractivity contribution in [3.05, 3.63) is 35.4 Å². The molecule has 98 valence electrons. The van der Waals surface area contributed by atoms with Crippen LogP contribution in [0.3, 0.4) is 0 Å². The minimum atomic E-state index is 0.0745. The molecule has 0 saturated heterocycles. The molecule has 1 amide bonds. The van der Waals surface area contributed by atoms with Crippen molar-refractivity contribution < 1.29 is 4.79 Å². The second-order valence-electron chi connectivity index (χ2n) is 5.00. The molecule has 2 rings (SSSR count). The molecule has 1 aromatic carbocycles. The Hall–Kier alpha value is -0.830. The minimum absolute atomic E-state index is 0.0745. The van der Waals surface area contributed by atoms with E-state index >= 15 is 0 Å². The third-order valence-corrected chi connectivity index (χ3v) is 4.50. The second-order valence-corrected chi connectivity index (χ2v) is 6.29. The number of alkyl halides is 1. The summed E-state index contributed by atoms with van der Waals surface area (Å²) in [6.07, 6.45) is 4.52. The predicted molar refractivity (Wildman–Crippen MR) is 78.2 cm³/mol. The van der Waals surface area contributed by atoms with Crippen molar-refractivity contribution in [1.29, 1.82) is 0 Å². The zero-order valence-electron chi connectivity index (χ0n) is 10.8. The Labute approximate surface area is 117 Å². The molecular formula is C15H20BrNO. The van der Waals surface area contributed by atoms with Gasteiger partial charge in [0.05, 0.1) is 0 Å². The molecule has 1 aliphatic carbocycles. The molecule has 2 unspecified atom stereocenters. The van der Waals surface area contributed by atoms with E-state index in [1.807, 2.05) is 24.3 Å². The van der Waals surface area contributed by atoms with E-state index in [4.69, 9.17) is 0 Å². The monoisotopic (exact) mass is 309 g/mol. The van der Waals surface area contributed by atoms with Crippen molar-refractivity contribution >= 4 is 21.8 Å². The molecule has 1 aliphatic rings. The van der Waals surface area contributed by atoms with Crippen molar-refractivity contribution in [3.8, 4) is 0 Å². The van der Waals surface area contributed by atoms with E-state index in [-0.39, 0.29) is 5.91 Å². The zero-order valence-corrected chi connectivity index (χ0v) is 12.4. The van der Waals surface area contributed by atoms with E-state index in [0.717, 1.165) is 24.1 Å². The molecule has 0 radical (unpaired) electrons. The van der Waals surface area contributed by atoms with Gasteiger partial charge in [-0.1, -0.05) is 41.1 Å². The van der Waals surface area contributed by atoms with Crippen molar-refractivity contribution in [3.63, 3.8) is 0 Å². The van der Waals surface area contributed by atoms with E-state index in [2.05, 4.69) is 28.2 Å². The van der Waals surface area contributed by atoms with Crippen LogP contribution in [-0.2, 0) is 6.42 Å². The lowest BCUT2D eigenvalue weighted by atomic mass is 10.0. The van der Waals surface area contributed by atoms with Crippen molar-refractivity contribution in [1.82, 2.24) is 5.32 Å². The highest BCUT2D eigenvalue weighted by atomic mass is 79.9. The highest BCUT2D eigenvalue weighted by Gasteiger charge is 2.23. The number of amides is 1. The number of nitrogens with one attached hydrogen (secondary N) is 1. The summed E-state index contributed by atoms with van der Waals surface area (Å²) in [5.74, 6) is 0.706. The molecule has 3 heteroatoms. The molecule has 1 saturated carbocycles. The Morgan fingerprint density at radius 2 is 2.17 bits per heavy atom. The van der Waals surface area contributed by atoms with Crippen molar-refractivity contribution in [2.24, 2.45) is 5.92 Å². The van der Waals surface area contributed by atoms with Gasteiger partial charge in [0.15, 0.2) is 0 Å². The second kappa shape index (κ2) is 6.37. The van der Waals surface area contributed by atoms with Crippen LogP contribution >= 0.6 is 15.9 Å². The van der Waals surface area contributed by atoms with Crippen molar-refractivity contribution in [2.75, 3.05) is 6.54 Å². The fourth-order valence-electron chi connectivity index (χ4n) is 2.58. The molecule has 0 aliphatic heterocycles. The van der Waals surface area contributed by atoms with Gasteiger partial charge in [-0.25, -0.2) is 0 Å². The molecule has 2 atom stereocenters. The smallest absolute Gasteiger partial charge is 0.251 e. The van der Waals surface area contributed by atoms with Crippen LogP contribution in [0.15, 0.2) is 24.3 Å². The summed E-state index contributed by atoms with van der Waals surface area (Å²) in [4.78, 5) is 12.8. The SMILES string of the molecule is CCc1ccccc1C(=O)NCC1CCC(Br)C1. The van der Waals surface area contributed by atoms with Gasteiger partial charge in [0, 0.05) is 16.9 Å². The summed E-state index contributed by atoms with van der Waals surface area (Å²) in [6.45, 7) is 2.89. The lowest BCUT2D eigenvalue weighted by Gasteiger charge is -2.12. The maximum Gasteiger partial charge on any atom is 0.251 e. The Bertz CT molecular complexity index is 419. The largest absolute Gasteiger partial charge is 0.352 e. The summed E-state index contributed by atoms with van der Waals surface area (Å²) in [7, 11) is 0. The van der Waals surface area contributed by atoms with Gasteiger partial charge in [-0.2, -0.15) is 0 Å². The van der Waals surface area contributed by atoms with Gasteiger partial charge in [0.1, 0.15) is 0 Å². The van der Waals surface area contributed by atoms with Crippen LogP contribution in [0.25, 0.3) is 0 Å². The fourth-order valence-corrected chi connectivity index (χ4v) is 3.37. The summed E-state index contributed by atoms with van der Waals surface area (Å²) >= 11 is 3.64. The maximum absolute atomic E-state index is 12.1. The first-order valence-electron chi connectivity index (χ1n) is 6.71. The molecule has 2 nitrogen and oxygen atoms in total. The first-order valence-corrected chi connectivity index (χ1v) is 7.62. The first kappa shape index (κ1) is 13.6. The number of hydrogen-bond acceptors (Lipinski definition) is 1. The molecule has 18 heavy (non-hydrogen) atoms. The van der Waals surface area contributed by atoms with Gasteiger partial charge in [-0.05, 0) is 43.2 Å². The van der Waals surface area contributed by atoms with Crippen LogP contribution in [0.5, 0.6) is 0 Å². The molecule has 0 bridgehead atoms. The van der Waals surface area contributed by atoms with Crippen molar-refractivity contribution in [2.45, 2.75) is 37.4 Å². The maximum atomic E-state index is 12.1. The first-order chi connectivity index (χ1) is 8.70. The molecule has 0 spiro atoms. The van der Waals surface area contributed by atoms with Crippen LogP contribution < -0.4 is 5.32 Å². The van der Waals surface area contributed by atoms with E-state index in [1.165, 1.54) is 19.3 Å². The van der Waals surface area contributed by atoms with E-state index in [9.17, 15) is 4.79 Å². The summed E-state index contributed by atoms with van der Waals surface area (Å²) in [5, 5.41) is 3.08. The van der Waals surface area contributed by atoms with Gasteiger partial charge in [-0.3, -0.25) is 4.79 Å². The number of hydrogen-bond donors (Lipinski definition) is 1. The normalized spacial score (nSPS) is 23.0. The Kier molecular flexibility index (Phi) is 4.81. The Morgan fingerprint density at radius 3 is 2.83 bits per heavy atom. The number of benzene rings is 1. The van der Waals surface area contributed by atoms with Crippen LogP contribution in [0, 0.1) is 5.92 Å². The van der Waals surface area contributed by atoms with E-state index < -0.39 is 0 Å². The summed E-state index contributed by atoms with van der Waals surface area (Å²) in [6, 6.07) is 7.86. The fraction of sp³-hybridized carbons (Fsp3) is 0.533. The van der Waals surface area contributed by atoms with E-state index in [0.29, 0.717) is 10.7 Å². The molecule has 1 N–H and O–H groups in total. The third kappa shape index (κ3) is 3.35. The molecule has 0 heterocycles. The number of carbonyl (C=O) groups excluding carboxylic acids is 1. The van der Waals surface area contributed by atoms with Gasteiger partial charge in [0.2, 0.25) is 0 Å². The van der Waals surface area contributed by atoms with Crippen LogP contribution in [0.4, 0.5) is 0 Å². The minimum Gasteiger partial charge on any atom is -0.352 e. The topological polar surface area (TPSA) is 29.1 Å². The number of carbonyl (C=O) groups is 1. The predicted octanol–water partition coefficient (Wildman–Crippen LogP) is 3.54. The molecular weight excluding hydrogens is 290 g/mol. The van der Waals surface area contributed by atoms with Gasteiger partial charge >= 0.3 is 0 Å². The van der Waals surface area contributed by atoms with Gasteiger partial charge in [-0.15, -0.1) is 0 Å². The number of rotatable bonds is 4. The van der Waals surface area contributed by atoms with Crippen LogP contribution in [0.1, 0.15) is 42.1 Å². The number of aryl methyl sites for hydroxylation is 1. The van der Waals surface area contributed by atoms with Crippen LogP contribution in [-0.4, -0.2) is 17.3 Å². The van der Waals surface area contributed by atoms with Gasteiger partial charge < -0.3 is 5.32 Å². The number of halogens is 1. The highest BCUT2D eigenvalue weighted by molar-refractivity contribution is 9.09. The summed E-state index contributed by atoms with van der Waals surface area (Å²) < 4.78 is 0.